The van der Waals surface area contributed by atoms with E-state index in [0.29, 0.717) is 11.9 Å². The highest BCUT2D eigenvalue weighted by atomic mass is 15.2. The van der Waals surface area contributed by atoms with Crippen LogP contribution in [0.1, 0.15) is 32.2 Å². The summed E-state index contributed by atoms with van der Waals surface area (Å²) in [5.74, 6) is 2.33. The number of rotatable bonds is 3. The lowest BCUT2D eigenvalue weighted by atomic mass is 10.2. The minimum absolute atomic E-state index is 0.405. The molecule has 2 N–H and O–H groups in total. The fourth-order valence-electron chi connectivity index (χ4n) is 1.31. The summed E-state index contributed by atoms with van der Waals surface area (Å²) in [4.78, 5) is 10.9. The second kappa shape index (κ2) is 4.47. The van der Waals surface area contributed by atoms with Gasteiger partial charge in [-0.15, -0.1) is 0 Å². The normalized spacial score (nSPS) is 10.8. The van der Waals surface area contributed by atoms with Gasteiger partial charge in [0.05, 0.1) is 0 Å². The van der Waals surface area contributed by atoms with Crippen LogP contribution < -0.4 is 10.6 Å². The molecule has 0 saturated heterocycles. The number of aromatic nitrogens is 2. The standard InChI is InChI=1S/C11H20N4/c1-6-9-13-10(12)8(4)11(14-9)15(5)7(2)3/h7H,6H2,1-5H3,(H2,12,13,14). The Morgan fingerprint density at radius 1 is 1.33 bits per heavy atom. The molecule has 1 aromatic rings. The molecule has 0 saturated carbocycles. The zero-order valence-corrected chi connectivity index (χ0v) is 10.2. The molecule has 0 aromatic carbocycles. The first-order valence-electron chi connectivity index (χ1n) is 5.33. The lowest BCUT2D eigenvalue weighted by molar-refractivity contribution is 0.732. The van der Waals surface area contributed by atoms with Crippen molar-refractivity contribution in [3.63, 3.8) is 0 Å². The third-order valence-corrected chi connectivity index (χ3v) is 2.63. The first-order chi connectivity index (χ1) is 6.97. The van der Waals surface area contributed by atoms with Crippen molar-refractivity contribution in [2.24, 2.45) is 0 Å². The summed E-state index contributed by atoms with van der Waals surface area (Å²) in [6, 6.07) is 0.405. The van der Waals surface area contributed by atoms with E-state index in [1.54, 1.807) is 0 Å². The van der Waals surface area contributed by atoms with Crippen LogP contribution in [0.2, 0.25) is 0 Å². The maximum atomic E-state index is 5.86. The molecule has 15 heavy (non-hydrogen) atoms. The summed E-state index contributed by atoms with van der Waals surface area (Å²) in [6.45, 7) is 8.25. The Kier molecular flexibility index (Phi) is 3.50. The average molecular weight is 208 g/mol. The molecule has 0 fully saturated rings. The van der Waals surface area contributed by atoms with Crippen molar-refractivity contribution in [3.8, 4) is 0 Å². The molecule has 0 aliphatic rings. The zero-order chi connectivity index (χ0) is 11.6. The minimum atomic E-state index is 0.405. The number of hydrogen-bond donors (Lipinski definition) is 1. The van der Waals surface area contributed by atoms with Crippen molar-refractivity contribution in [1.82, 2.24) is 9.97 Å². The summed E-state index contributed by atoms with van der Waals surface area (Å²) in [7, 11) is 2.03. The SMILES string of the molecule is CCc1nc(N)c(C)c(N(C)C(C)C)n1. The summed E-state index contributed by atoms with van der Waals surface area (Å²) in [5.41, 5.74) is 6.82. The van der Waals surface area contributed by atoms with Gasteiger partial charge in [0.15, 0.2) is 0 Å². The summed E-state index contributed by atoms with van der Waals surface area (Å²) < 4.78 is 0. The van der Waals surface area contributed by atoms with Gasteiger partial charge in [0.25, 0.3) is 0 Å². The molecule has 4 heteroatoms. The molecule has 1 aromatic heterocycles. The lowest BCUT2D eigenvalue weighted by Gasteiger charge is -2.25. The van der Waals surface area contributed by atoms with Crippen molar-refractivity contribution >= 4 is 11.6 Å². The van der Waals surface area contributed by atoms with Crippen molar-refractivity contribution in [3.05, 3.63) is 11.4 Å². The second-order valence-corrected chi connectivity index (χ2v) is 4.03. The highest BCUT2D eigenvalue weighted by molar-refractivity contribution is 5.56. The number of nitrogens with two attached hydrogens (primary N) is 1. The van der Waals surface area contributed by atoms with Gasteiger partial charge in [-0.2, -0.15) is 0 Å². The van der Waals surface area contributed by atoms with Crippen LogP contribution in [-0.4, -0.2) is 23.1 Å². The Hall–Kier alpha value is -1.32. The highest BCUT2D eigenvalue weighted by Crippen LogP contribution is 2.22. The Balaban J connectivity index is 3.21. The fourth-order valence-corrected chi connectivity index (χ4v) is 1.31. The highest BCUT2D eigenvalue weighted by Gasteiger charge is 2.13. The van der Waals surface area contributed by atoms with Crippen LogP contribution in [0.4, 0.5) is 11.6 Å². The van der Waals surface area contributed by atoms with Crippen molar-refractivity contribution in [2.45, 2.75) is 40.2 Å². The van der Waals surface area contributed by atoms with E-state index in [2.05, 4.69) is 28.7 Å². The zero-order valence-electron chi connectivity index (χ0n) is 10.2. The lowest BCUT2D eigenvalue weighted by Crippen LogP contribution is -2.28. The van der Waals surface area contributed by atoms with Gasteiger partial charge in [-0.05, 0) is 20.8 Å². The van der Waals surface area contributed by atoms with Crippen LogP contribution in [0.25, 0.3) is 0 Å². The molecule has 0 radical (unpaired) electrons. The summed E-state index contributed by atoms with van der Waals surface area (Å²) >= 11 is 0. The van der Waals surface area contributed by atoms with Crippen molar-refractivity contribution in [2.75, 3.05) is 17.7 Å². The molecular formula is C11H20N4. The van der Waals surface area contributed by atoms with Crippen LogP contribution in [0, 0.1) is 6.92 Å². The van der Waals surface area contributed by atoms with Crippen LogP contribution in [0.15, 0.2) is 0 Å². The molecule has 84 valence electrons. The van der Waals surface area contributed by atoms with E-state index in [1.165, 1.54) is 0 Å². The van der Waals surface area contributed by atoms with E-state index >= 15 is 0 Å². The maximum absolute atomic E-state index is 5.86. The topological polar surface area (TPSA) is 55.0 Å². The van der Waals surface area contributed by atoms with E-state index in [4.69, 9.17) is 5.73 Å². The second-order valence-electron chi connectivity index (χ2n) is 4.03. The van der Waals surface area contributed by atoms with Crippen LogP contribution >= 0.6 is 0 Å². The molecule has 0 unspecified atom stereocenters. The van der Waals surface area contributed by atoms with E-state index < -0.39 is 0 Å². The predicted octanol–water partition coefficient (Wildman–Crippen LogP) is 1.77. The van der Waals surface area contributed by atoms with Crippen LogP contribution in [0.3, 0.4) is 0 Å². The summed E-state index contributed by atoms with van der Waals surface area (Å²) in [6.07, 6.45) is 0.809. The van der Waals surface area contributed by atoms with Gasteiger partial charge >= 0.3 is 0 Å². The molecule has 1 rings (SSSR count). The van der Waals surface area contributed by atoms with E-state index in [1.807, 2.05) is 20.9 Å². The molecule has 0 amide bonds. The average Bonchev–Trinajstić information content (AvgIpc) is 2.20. The van der Waals surface area contributed by atoms with E-state index in [0.717, 1.165) is 23.6 Å². The van der Waals surface area contributed by atoms with E-state index in [-0.39, 0.29) is 0 Å². The van der Waals surface area contributed by atoms with Crippen molar-refractivity contribution < 1.29 is 0 Å². The van der Waals surface area contributed by atoms with Crippen LogP contribution in [-0.2, 0) is 6.42 Å². The number of hydrogen-bond acceptors (Lipinski definition) is 4. The Morgan fingerprint density at radius 2 is 1.93 bits per heavy atom. The maximum Gasteiger partial charge on any atom is 0.137 e. The Bertz CT molecular complexity index is 347. The third kappa shape index (κ3) is 2.37. The fraction of sp³-hybridized carbons (Fsp3) is 0.636. The number of anilines is 2. The number of nitrogens with zero attached hydrogens (tertiary/aromatic N) is 3. The smallest absolute Gasteiger partial charge is 0.137 e. The third-order valence-electron chi connectivity index (χ3n) is 2.63. The molecular weight excluding hydrogens is 188 g/mol. The molecule has 0 aliphatic carbocycles. The first kappa shape index (κ1) is 11.8. The first-order valence-corrected chi connectivity index (χ1v) is 5.33. The van der Waals surface area contributed by atoms with Gasteiger partial charge in [0.2, 0.25) is 0 Å². The molecule has 1 heterocycles. The largest absolute Gasteiger partial charge is 0.383 e. The number of nitrogen functional groups attached to an aromatic ring is 1. The molecule has 0 atom stereocenters. The monoisotopic (exact) mass is 208 g/mol. The van der Waals surface area contributed by atoms with Gasteiger partial charge in [-0.1, -0.05) is 6.92 Å². The molecule has 4 nitrogen and oxygen atoms in total. The van der Waals surface area contributed by atoms with Crippen LogP contribution in [0.5, 0.6) is 0 Å². The van der Waals surface area contributed by atoms with Gasteiger partial charge in [-0.25, -0.2) is 9.97 Å². The Morgan fingerprint density at radius 3 is 2.40 bits per heavy atom. The molecule has 0 bridgehead atoms. The number of aryl methyl sites for hydroxylation is 1. The van der Waals surface area contributed by atoms with Crippen molar-refractivity contribution in [1.29, 1.82) is 0 Å². The van der Waals surface area contributed by atoms with Gasteiger partial charge in [0, 0.05) is 25.1 Å². The molecule has 0 aliphatic heterocycles. The van der Waals surface area contributed by atoms with Gasteiger partial charge < -0.3 is 10.6 Å². The minimum Gasteiger partial charge on any atom is -0.383 e. The quantitative estimate of drug-likeness (QED) is 0.822. The predicted molar refractivity (Wildman–Crippen MR) is 64.1 cm³/mol. The Labute approximate surface area is 91.5 Å². The summed E-state index contributed by atoms with van der Waals surface area (Å²) in [5, 5.41) is 0. The van der Waals surface area contributed by atoms with E-state index in [9.17, 15) is 0 Å². The molecule has 0 spiro atoms. The van der Waals surface area contributed by atoms with Gasteiger partial charge in [0.1, 0.15) is 17.5 Å². The van der Waals surface area contributed by atoms with Gasteiger partial charge in [-0.3, -0.25) is 0 Å².